The number of nitrogens with zero attached hydrogens (tertiary/aromatic N) is 1. The minimum absolute atomic E-state index is 0.147. The van der Waals surface area contributed by atoms with Gasteiger partial charge in [0.25, 0.3) is 0 Å². The van der Waals surface area contributed by atoms with Gasteiger partial charge in [-0.2, -0.15) is 0 Å². The molecule has 1 fully saturated rings. The van der Waals surface area contributed by atoms with Crippen LogP contribution in [0.1, 0.15) is 31.2 Å². The number of aromatic nitrogens is 1. The summed E-state index contributed by atoms with van der Waals surface area (Å²) >= 11 is 1.45. The van der Waals surface area contributed by atoms with Gasteiger partial charge in [0.1, 0.15) is 0 Å². The van der Waals surface area contributed by atoms with Crippen LogP contribution in [0.4, 0.5) is 9.93 Å². The van der Waals surface area contributed by atoms with Gasteiger partial charge in [0, 0.05) is 17.0 Å². The van der Waals surface area contributed by atoms with Crippen molar-refractivity contribution in [2.24, 2.45) is 0 Å². The van der Waals surface area contributed by atoms with Crippen LogP contribution in [0.5, 0.6) is 0 Å². The summed E-state index contributed by atoms with van der Waals surface area (Å²) in [6, 6.07) is 8.40. The van der Waals surface area contributed by atoms with E-state index in [0.717, 1.165) is 24.1 Å². The highest BCUT2D eigenvalue weighted by Crippen LogP contribution is 2.25. The largest absolute Gasteiger partial charge is 0.335 e. The lowest BCUT2D eigenvalue weighted by molar-refractivity contribution is 0.248. The fourth-order valence-electron chi connectivity index (χ4n) is 2.58. The standard InChI is InChI=1S/C16H19N3OS/c1-11-6-8-12(9-7-11)14-10-21-16(18-14)19-15(20)17-13-4-2-3-5-13/h6-10,13H,2-5H2,1H3,(H2,17,18,19,20). The van der Waals surface area contributed by atoms with Crippen LogP contribution in [0.15, 0.2) is 29.6 Å². The van der Waals surface area contributed by atoms with Crippen molar-refractivity contribution in [3.8, 4) is 11.3 Å². The molecule has 2 aromatic rings. The van der Waals surface area contributed by atoms with E-state index in [9.17, 15) is 4.79 Å². The summed E-state index contributed by atoms with van der Waals surface area (Å²) in [6.45, 7) is 2.06. The molecule has 2 N–H and O–H groups in total. The molecule has 110 valence electrons. The number of aryl methyl sites for hydroxylation is 1. The maximum atomic E-state index is 11.9. The van der Waals surface area contributed by atoms with Gasteiger partial charge in [0.2, 0.25) is 0 Å². The van der Waals surface area contributed by atoms with Crippen LogP contribution in [0, 0.1) is 6.92 Å². The number of urea groups is 1. The van der Waals surface area contributed by atoms with E-state index < -0.39 is 0 Å². The highest BCUT2D eigenvalue weighted by atomic mass is 32.1. The number of anilines is 1. The van der Waals surface area contributed by atoms with Gasteiger partial charge in [0.15, 0.2) is 5.13 Å². The van der Waals surface area contributed by atoms with Crippen molar-refractivity contribution >= 4 is 22.5 Å². The number of nitrogens with one attached hydrogen (secondary N) is 2. The molecule has 0 atom stereocenters. The van der Waals surface area contributed by atoms with E-state index >= 15 is 0 Å². The minimum Gasteiger partial charge on any atom is -0.335 e. The van der Waals surface area contributed by atoms with Gasteiger partial charge in [-0.15, -0.1) is 11.3 Å². The number of hydrogen-bond acceptors (Lipinski definition) is 3. The molecule has 1 saturated carbocycles. The van der Waals surface area contributed by atoms with Crippen molar-refractivity contribution in [1.82, 2.24) is 10.3 Å². The Morgan fingerprint density at radius 1 is 1.24 bits per heavy atom. The molecule has 0 unspecified atom stereocenters. The first kappa shape index (κ1) is 14.1. The molecule has 0 bridgehead atoms. The Bertz CT molecular complexity index is 615. The maximum Gasteiger partial charge on any atom is 0.321 e. The smallest absolute Gasteiger partial charge is 0.321 e. The highest BCUT2D eigenvalue weighted by Gasteiger charge is 2.17. The van der Waals surface area contributed by atoms with Gasteiger partial charge in [-0.1, -0.05) is 42.7 Å². The molecular weight excluding hydrogens is 282 g/mol. The van der Waals surface area contributed by atoms with Crippen molar-refractivity contribution in [2.75, 3.05) is 5.32 Å². The zero-order chi connectivity index (χ0) is 14.7. The van der Waals surface area contributed by atoms with E-state index in [2.05, 4.69) is 34.7 Å². The van der Waals surface area contributed by atoms with Crippen molar-refractivity contribution in [1.29, 1.82) is 0 Å². The number of hydrogen-bond donors (Lipinski definition) is 2. The fourth-order valence-corrected chi connectivity index (χ4v) is 3.29. The highest BCUT2D eigenvalue weighted by molar-refractivity contribution is 7.14. The minimum atomic E-state index is -0.147. The zero-order valence-electron chi connectivity index (χ0n) is 12.1. The van der Waals surface area contributed by atoms with Gasteiger partial charge < -0.3 is 5.32 Å². The average Bonchev–Trinajstić information content (AvgIpc) is 3.11. The fraction of sp³-hybridized carbons (Fsp3) is 0.375. The normalized spacial score (nSPS) is 15.1. The van der Waals surface area contributed by atoms with Crippen LogP contribution in [0.3, 0.4) is 0 Å². The second-order valence-corrected chi connectivity index (χ2v) is 6.34. The summed E-state index contributed by atoms with van der Waals surface area (Å²) in [5, 5.41) is 8.44. The first-order chi connectivity index (χ1) is 10.2. The molecule has 5 heteroatoms. The summed E-state index contributed by atoms with van der Waals surface area (Å²) in [4.78, 5) is 16.4. The second kappa shape index (κ2) is 6.26. The molecule has 1 aliphatic rings. The van der Waals surface area contributed by atoms with Crippen LogP contribution < -0.4 is 10.6 Å². The predicted octanol–water partition coefficient (Wildman–Crippen LogP) is 4.18. The SMILES string of the molecule is Cc1ccc(-c2csc(NC(=O)NC3CCCC3)n2)cc1. The van der Waals surface area contributed by atoms with E-state index in [1.807, 2.05) is 17.5 Å². The maximum absolute atomic E-state index is 11.9. The molecule has 21 heavy (non-hydrogen) atoms. The number of amides is 2. The van der Waals surface area contributed by atoms with Crippen LogP contribution in [-0.2, 0) is 0 Å². The molecule has 0 saturated heterocycles. The number of benzene rings is 1. The predicted molar refractivity (Wildman–Crippen MR) is 86.7 cm³/mol. The topological polar surface area (TPSA) is 54.0 Å². The van der Waals surface area contributed by atoms with Gasteiger partial charge in [-0.25, -0.2) is 9.78 Å². The third-order valence-corrected chi connectivity index (χ3v) is 4.52. The van der Waals surface area contributed by atoms with Crippen molar-refractivity contribution in [3.63, 3.8) is 0 Å². The summed E-state index contributed by atoms with van der Waals surface area (Å²) in [6.07, 6.45) is 4.58. The van der Waals surface area contributed by atoms with E-state index in [-0.39, 0.29) is 6.03 Å². The van der Waals surface area contributed by atoms with Crippen molar-refractivity contribution in [2.45, 2.75) is 38.6 Å². The third-order valence-electron chi connectivity index (χ3n) is 3.76. The Hall–Kier alpha value is -1.88. The molecule has 0 radical (unpaired) electrons. The molecule has 1 aliphatic carbocycles. The van der Waals surface area contributed by atoms with Crippen molar-refractivity contribution < 1.29 is 4.79 Å². The van der Waals surface area contributed by atoms with Gasteiger partial charge in [-0.05, 0) is 19.8 Å². The lowest BCUT2D eigenvalue weighted by atomic mass is 10.1. The average molecular weight is 301 g/mol. The second-order valence-electron chi connectivity index (χ2n) is 5.48. The van der Waals surface area contributed by atoms with Crippen molar-refractivity contribution in [3.05, 3.63) is 35.2 Å². The van der Waals surface area contributed by atoms with E-state index in [1.165, 1.54) is 29.7 Å². The van der Waals surface area contributed by atoms with Gasteiger partial charge >= 0.3 is 6.03 Å². The quantitative estimate of drug-likeness (QED) is 0.893. The molecular formula is C16H19N3OS. The molecule has 0 spiro atoms. The Balaban J connectivity index is 1.61. The zero-order valence-corrected chi connectivity index (χ0v) is 12.9. The van der Waals surface area contributed by atoms with Crippen LogP contribution >= 0.6 is 11.3 Å². The summed E-state index contributed by atoms with van der Waals surface area (Å²) in [7, 11) is 0. The number of carbonyl (C=O) groups is 1. The monoisotopic (exact) mass is 301 g/mol. The van der Waals surface area contributed by atoms with Gasteiger partial charge in [0.05, 0.1) is 5.69 Å². The summed E-state index contributed by atoms with van der Waals surface area (Å²) in [5.74, 6) is 0. The Kier molecular flexibility index (Phi) is 4.20. The third kappa shape index (κ3) is 3.61. The van der Waals surface area contributed by atoms with E-state index in [4.69, 9.17) is 0 Å². The van der Waals surface area contributed by atoms with Crippen LogP contribution in [0.25, 0.3) is 11.3 Å². The lowest BCUT2D eigenvalue weighted by Gasteiger charge is -2.11. The van der Waals surface area contributed by atoms with E-state index in [1.54, 1.807) is 0 Å². The molecule has 1 aromatic carbocycles. The van der Waals surface area contributed by atoms with Gasteiger partial charge in [-0.3, -0.25) is 5.32 Å². The number of thiazole rings is 1. The first-order valence-electron chi connectivity index (χ1n) is 7.31. The molecule has 0 aliphatic heterocycles. The molecule has 4 nitrogen and oxygen atoms in total. The molecule has 1 aromatic heterocycles. The van der Waals surface area contributed by atoms with Crippen LogP contribution in [-0.4, -0.2) is 17.1 Å². The van der Waals surface area contributed by atoms with E-state index in [0.29, 0.717) is 11.2 Å². The number of carbonyl (C=O) groups excluding carboxylic acids is 1. The summed E-state index contributed by atoms with van der Waals surface area (Å²) in [5.41, 5.74) is 3.19. The summed E-state index contributed by atoms with van der Waals surface area (Å²) < 4.78 is 0. The Morgan fingerprint density at radius 3 is 2.67 bits per heavy atom. The molecule has 1 heterocycles. The van der Waals surface area contributed by atoms with Crippen LogP contribution in [0.2, 0.25) is 0 Å². The Morgan fingerprint density at radius 2 is 1.95 bits per heavy atom. The first-order valence-corrected chi connectivity index (χ1v) is 8.19. The number of rotatable bonds is 3. The lowest BCUT2D eigenvalue weighted by Crippen LogP contribution is -2.36. The Labute approximate surface area is 128 Å². The molecule has 3 rings (SSSR count). The molecule has 2 amide bonds.